The zero-order valence-corrected chi connectivity index (χ0v) is 14.5. The van der Waals surface area contributed by atoms with Crippen LogP contribution < -0.4 is 5.73 Å². The molecule has 2 aliphatic heterocycles. The Labute approximate surface area is 148 Å². The summed E-state index contributed by atoms with van der Waals surface area (Å²) in [6.45, 7) is 1.93. The Morgan fingerprint density at radius 1 is 1.16 bits per heavy atom. The van der Waals surface area contributed by atoms with Crippen LogP contribution in [-0.4, -0.2) is 53.8 Å². The minimum Gasteiger partial charge on any atom is -0.340 e. The van der Waals surface area contributed by atoms with Crippen molar-refractivity contribution in [1.82, 2.24) is 9.80 Å². The summed E-state index contributed by atoms with van der Waals surface area (Å²) in [7, 11) is 0. The molecule has 2 N–H and O–H groups in total. The lowest BCUT2D eigenvalue weighted by Crippen LogP contribution is -2.52. The predicted octanol–water partition coefficient (Wildman–Crippen LogP) is 1.87. The van der Waals surface area contributed by atoms with Gasteiger partial charge in [-0.3, -0.25) is 9.59 Å². The van der Waals surface area contributed by atoms with Crippen LogP contribution in [0.15, 0.2) is 24.3 Å². The van der Waals surface area contributed by atoms with Gasteiger partial charge >= 0.3 is 0 Å². The number of benzene rings is 1. The molecule has 0 aliphatic carbocycles. The third-order valence-electron chi connectivity index (χ3n) is 5.31. The number of halogens is 1. The lowest BCUT2D eigenvalue weighted by Gasteiger charge is -2.38. The Bertz CT molecular complexity index is 620. The molecule has 2 amide bonds. The van der Waals surface area contributed by atoms with E-state index in [0.29, 0.717) is 26.1 Å². The van der Waals surface area contributed by atoms with E-state index in [-0.39, 0.29) is 36.1 Å². The molecule has 0 saturated carbocycles. The highest BCUT2D eigenvalue weighted by Crippen LogP contribution is 2.27. The average molecular weight is 347 g/mol. The van der Waals surface area contributed by atoms with Gasteiger partial charge in [0, 0.05) is 38.0 Å². The smallest absolute Gasteiger partial charge is 0.242 e. The predicted molar refractivity (Wildman–Crippen MR) is 93.4 cm³/mol. The van der Waals surface area contributed by atoms with E-state index in [1.165, 1.54) is 12.1 Å². The normalized spacial score (nSPS) is 25.0. The molecule has 136 valence electrons. The average Bonchev–Trinajstić information content (AvgIpc) is 2.80. The summed E-state index contributed by atoms with van der Waals surface area (Å²) in [4.78, 5) is 28.1. The summed E-state index contributed by atoms with van der Waals surface area (Å²) < 4.78 is 13.1. The van der Waals surface area contributed by atoms with Gasteiger partial charge < -0.3 is 15.5 Å². The van der Waals surface area contributed by atoms with Crippen LogP contribution in [0.5, 0.6) is 0 Å². The molecule has 2 saturated heterocycles. The molecule has 2 atom stereocenters. The van der Waals surface area contributed by atoms with E-state index >= 15 is 0 Å². The van der Waals surface area contributed by atoms with Crippen molar-refractivity contribution in [3.63, 3.8) is 0 Å². The Morgan fingerprint density at radius 2 is 1.92 bits per heavy atom. The van der Waals surface area contributed by atoms with Gasteiger partial charge in [0.25, 0.3) is 0 Å². The first-order valence-corrected chi connectivity index (χ1v) is 9.11. The first kappa shape index (κ1) is 17.9. The number of hydrogen-bond acceptors (Lipinski definition) is 3. The number of nitrogens with two attached hydrogens (primary N) is 1. The highest BCUT2D eigenvalue weighted by atomic mass is 19.1. The van der Waals surface area contributed by atoms with Crippen molar-refractivity contribution in [2.24, 2.45) is 5.73 Å². The van der Waals surface area contributed by atoms with Crippen LogP contribution in [0.4, 0.5) is 4.39 Å². The molecular weight excluding hydrogens is 321 g/mol. The minimum absolute atomic E-state index is 0.0248. The number of amides is 2. The first-order valence-electron chi connectivity index (χ1n) is 9.11. The van der Waals surface area contributed by atoms with E-state index in [1.807, 2.05) is 0 Å². The van der Waals surface area contributed by atoms with E-state index in [9.17, 15) is 14.0 Å². The molecule has 1 aromatic rings. The molecule has 2 heterocycles. The zero-order valence-electron chi connectivity index (χ0n) is 14.5. The number of piperidine rings is 1. The van der Waals surface area contributed by atoms with Gasteiger partial charge in [-0.1, -0.05) is 18.6 Å². The van der Waals surface area contributed by atoms with Crippen molar-refractivity contribution in [2.45, 2.75) is 44.1 Å². The number of carbonyl (C=O) groups is 2. The fourth-order valence-corrected chi connectivity index (χ4v) is 3.80. The van der Waals surface area contributed by atoms with Crippen molar-refractivity contribution < 1.29 is 14.0 Å². The van der Waals surface area contributed by atoms with Crippen molar-refractivity contribution >= 4 is 11.8 Å². The van der Waals surface area contributed by atoms with E-state index in [0.717, 1.165) is 31.2 Å². The Hall–Kier alpha value is -1.95. The molecule has 3 rings (SSSR count). The highest BCUT2D eigenvalue weighted by Gasteiger charge is 2.31. The van der Waals surface area contributed by atoms with Gasteiger partial charge in [-0.2, -0.15) is 0 Å². The SMILES string of the molecule is N[C@H]1CN(C(=O)CN2CCCCCC2=O)CC[C@H]1c1ccc(F)cc1. The largest absolute Gasteiger partial charge is 0.340 e. The zero-order chi connectivity index (χ0) is 17.8. The third kappa shape index (κ3) is 4.37. The van der Waals surface area contributed by atoms with Crippen LogP contribution in [0.3, 0.4) is 0 Å². The van der Waals surface area contributed by atoms with Crippen LogP contribution in [-0.2, 0) is 9.59 Å². The second kappa shape index (κ2) is 7.95. The fraction of sp³-hybridized carbons (Fsp3) is 0.579. The molecule has 1 aromatic carbocycles. The maximum absolute atomic E-state index is 13.1. The lowest BCUT2D eigenvalue weighted by atomic mass is 9.86. The van der Waals surface area contributed by atoms with E-state index in [1.54, 1.807) is 21.9 Å². The second-order valence-electron chi connectivity index (χ2n) is 7.08. The molecule has 0 aromatic heterocycles. The lowest BCUT2D eigenvalue weighted by molar-refractivity contribution is -0.141. The van der Waals surface area contributed by atoms with Crippen molar-refractivity contribution in [3.05, 3.63) is 35.6 Å². The van der Waals surface area contributed by atoms with Crippen LogP contribution >= 0.6 is 0 Å². The summed E-state index contributed by atoms with van der Waals surface area (Å²) in [5, 5.41) is 0. The molecule has 0 bridgehead atoms. The molecule has 0 radical (unpaired) electrons. The quantitative estimate of drug-likeness (QED) is 0.908. The molecular formula is C19H26FN3O2. The maximum Gasteiger partial charge on any atom is 0.242 e. The summed E-state index contributed by atoms with van der Waals surface area (Å²) >= 11 is 0. The highest BCUT2D eigenvalue weighted by molar-refractivity contribution is 5.85. The van der Waals surface area contributed by atoms with Crippen molar-refractivity contribution in [2.75, 3.05) is 26.2 Å². The number of hydrogen-bond donors (Lipinski definition) is 1. The van der Waals surface area contributed by atoms with Gasteiger partial charge in [0.05, 0.1) is 6.54 Å². The third-order valence-corrected chi connectivity index (χ3v) is 5.31. The summed E-state index contributed by atoms with van der Waals surface area (Å²) in [5.74, 6) is -0.0730. The van der Waals surface area contributed by atoms with Crippen LogP contribution in [0.25, 0.3) is 0 Å². The van der Waals surface area contributed by atoms with E-state index in [2.05, 4.69) is 0 Å². The maximum atomic E-state index is 13.1. The standard InChI is InChI=1S/C19H26FN3O2/c20-15-7-5-14(6-8-15)16-9-11-23(12-17(16)21)19(25)13-22-10-3-1-2-4-18(22)24/h5-8,16-17H,1-4,9-13,21H2/t16-,17-/m0/s1. The molecule has 6 heteroatoms. The summed E-state index contributed by atoms with van der Waals surface area (Å²) in [6, 6.07) is 6.26. The molecule has 0 spiro atoms. The second-order valence-corrected chi connectivity index (χ2v) is 7.08. The van der Waals surface area contributed by atoms with Gasteiger partial charge in [-0.15, -0.1) is 0 Å². The van der Waals surface area contributed by atoms with Gasteiger partial charge in [0.1, 0.15) is 5.82 Å². The monoisotopic (exact) mass is 347 g/mol. The minimum atomic E-state index is -0.257. The van der Waals surface area contributed by atoms with Crippen LogP contribution in [0.1, 0.15) is 43.6 Å². The van der Waals surface area contributed by atoms with Crippen molar-refractivity contribution in [3.8, 4) is 0 Å². The van der Waals surface area contributed by atoms with E-state index in [4.69, 9.17) is 5.73 Å². The van der Waals surface area contributed by atoms with Crippen LogP contribution in [0, 0.1) is 5.82 Å². The Morgan fingerprint density at radius 3 is 2.64 bits per heavy atom. The molecule has 2 aliphatic rings. The Balaban J connectivity index is 1.57. The van der Waals surface area contributed by atoms with Gasteiger partial charge in [0.2, 0.25) is 11.8 Å². The number of carbonyl (C=O) groups excluding carboxylic acids is 2. The summed E-state index contributed by atoms with van der Waals surface area (Å²) in [6.07, 6.45) is 4.22. The van der Waals surface area contributed by atoms with E-state index < -0.39 is 0 Å². The molecule has 2 fully saturated rings. The van der Waals surface area contributed by atoms with Gasteiger partial charge in [-0.25, -0.2) is 4.39 Å². The number of nitrogens with zero attached hydrogens (tertiary/aromatic N) is 2. The van der Waals surface area contributed by atoms with Gasteiger partial charge in [-0.05, 0) is 37.0 Å². The Kier molecular flexibility index (Phi) is 5.68. The van der Waals surface area contributed by atoms with Crippen LogP contribution in [0.2, 0.25) is 0 Å². The number of likely N-dealkylation sites (tertiary alicyclic amines) is 2. The summed E-state index contributed by atoms with van der Waals surface area (Å²) in [5.41, 5.74) is 7.31. The molecule has 0 unspecified atom stereocenters. The fourth-order valence-electron chi connectivity index (χ4n) is 3.80. The van der Waals surface area contributed by atoms with Crippen molar-refractivity contribution in [1.29, 1.82) is 0 Å². The molecule has 25 heavy (non-hydrogen) atoms. The first-order chi connectivity index (χ1) is 12.0. The topological polar surface area (TPSA) is 66.6 Å². The number of rotatable bonds is 3. The molecule has 5 nitrogen and oxygen atoms in total. The van der Waals surface area contributed by atoms with Gasteiger partial charge in [0.15, 0.2) is 0 Å².